The highest BCUT2D eigenvalue weighted by Gasteiger charge is 2.31. The fraction of sp³-hybridized carbons (Fsp3) is 0.217. The molecule has 2 N–H and O–H groups in total. The van der Waals surface area contributed by atoms with Gasteiger partial charge in [0, 0.05) is 30.1 Å². The number of fused-ring (bicyclic) bond motifs is 1. The number of likely N-dealkylation sites (tertiary alicyclic amines) is 1. The summed E-state index contributed by atoms with van der Waals surface area (Å²) in [6, 6.07) is 13.2. The third kappa shape index (κ3) is 3.36. The molecule has 0 aliphatic carbocycles. The molecule has 158 valence electrons. The van der Waals surface area contributed by atoms with Crippen LogP contribution in [0.25, 0.3) is 22.5 Å². The number of hydrogen-bond acceptors (Lipinski definition) is 6. The number of carbonyl (C=O) groups is 1. The molecule has 2 aliphatic heterocycles. The molecule has 0 atom stereocenters. The van der Waals surface area contributed by atoms with Gasteiger partial charge < -0.3 is 24.6 Å². The Balaban J connectivity index is 1.54. The van der Waals surface area contributed by atoms with Gasteiger partial charge in [-0.1, -0.05) is 35.9 Å². The monoisotopic (exact) mass is 437 g/mol. The molecule has 0 bridgehead atoms. The van der Waals surface area contributed by atoms with Crippen LogP contribution in [0.4, 0.5) is 5.69 Å². The first-order valence-corrected chi connectivity index (χ1v) is 10.2. The molecule has 1 saturated heterocycles. The van der Waals surface area contributed by atoms with Gasteiger partial charge in [-0.25, -0.2) is 0 Å². The van der Waals surface area contributed by atoms with Crippen LogP contribution < -0.4 is 10.1 Å². The summed E-state index contributed by atoms with van der Waals surface area (Å²) in [6.45, 7) is 2.12. The first-order chi connectivity index (χ1) is 14.9. The van der Waals surface area contributed by atoms with Crippen molar-refractivity contribution in [2.75, 3.05) is 32.6 Å². The van der Waals surface area contributed by atoms with Crippen molar-refractivity contribution in [3.8, 4) is 17.0 Å². The molecular formula is C23H20ClN3O4. The largest absolute Gasteiger partial charge is 0.504 e. The molecule has 31 heavy (non-hydrogen) atoms. The summed E-state index contributed by atoms with van der Waals surface area (Å²) in [4.78, 5) is 14.9. The number of likely N-dealkylation sites (N-methyl/N-ethyl adjacent to an activating group) is 1. The van der Waals surface area contributed by atoms with Crippen molar-refractivity contribution >= 4 is 34.5 Å². The van der Waals surface area contributed by atoms with Crippen molar-refractivity contribution in [1.29, 1.82) is 0 Å². The lowest BCUT2D eigenvalue weighted by molar-refractivity contribution is -0.110. The van der Waals surface area contributed by atoms with Gasteiger partial charge in [0.25, 0.3) is 11.8 Å². The summed E-state index contributed by atoms with van der Waals surface area (Å²) >= 11 is 6.53. The first-order valence-electron chi connectivity index (χ1n) is 9.83. The maximum atomic E-state index is 12.6. The number of ether oxygens (including phenoxy) is 1. The van der Waals surface area contributed by atoms with Gasteiger partial charge in [0.05, 0.1) is 29.5 Å². The molecule has 3 heterocycles. The smallest absolute Gasteiger partial charge is 0.260 e. The fourth-order valence-corrected chi connectivity index (χ4v) is 4.35. The van der Waals surface area contributed by atoms with Crippen molar-refractivity contribution in [2.24, 2.45) is 0 Å². The number of methoxy groups -OCH3 is 1. The zero-order valence-electron chi connectivity index (χ0n) is 17.0. The number of rotatable bonds is 4. The molecule has 8 heteroatoms. The topological polar surface area (TPSA) is 87.8 Å². The molecule has 0 spiro atoms. The molecule has 5 rings (SSSR count). The van der Waals surface area contributed by atoms with Gasteiger partial charge in [-0.2, -0.15) is 0 Å². The van der Waals surface area contributed by atoms with Crippen LogP contribution in [-0.4, -0.2) is 48.3 Å². The molecule has 2 aromatic carbocycles. The van der Waals surface area contributed by atoms with Crippen LogP contribution >= 0.6 is 11.6 Å². The van der Waals surface area contributed by atoms with Gasteiger partial charge in [0.2, 0.25) is 5.76 Å². The second kappa shape index (κ2) is 7.44. The number of aromatic nitrogens is 1. The number of nitrogens with zero attached hydrogens (tertiary/aromatic N) is 2. The summed E-state index contributed by atoms with van der Waals surface area (Å²) in [6.07, 6.45) is 0. The van der Waals surface area contributed by atoms with Crippen LogP contribution in [0, 0.1) is 0 Å². The molecule has 0 unspecified atom stereocenters. The van der Waals surface area contributed by atoms with Crippen LogP contribution in [-0.2, 0) is 4.79 Å². The van der Waals surface area contributed by atoms with Crippen LogP contribution in [0.3, 0.4) is 0 Å². The highest BCUT2D eigenvalue weighted by Crippen LogP contribution is 2.42. The molecule has 0 saturated carbocycles. The predicted molar refractivity (Wildman–Crippen MR) is 118 cm³/mol. The quantitative estimate of drug-likeness (QED) is 0.464. The maximum Gasteiger partial charge on any atom is 0.260 e. The lowest BCUT2D eigenvalue weighted by Gasteiger charge is -2.36. The van der Waals surface area contributed by atoms with Crippen molar-refractivity contribution in [3.05, 3.63) is 64.4 Å². The molecule has 3 aromatic rings. The predicted octanol–water partition coefficient (Wildman–Crippen LogP) is 4.41. The van der Waals surface area contributed by atoms with E-state index in [-0.39, 0.29) is 23.0 Å². The second-order valence-corrected chi connectivity index (χ2v) is 8.24. The lowest BCUT2D eigenvalue weighted by Crippen LogP contribution is -2.41. The van der Waals surface area contributed by atoms with E-state index in [0.29, 0.717) is 22.2 Å². The van der Waals surface area contributed by atoms with E-state index < -0.39 is 5.91 Å². The third-order valence-corrected chi connectivity index (χ3v) is 6.09. The van der Waals surface area contributed by atoms with Crippen molar-refractivity contribution in [2.45, 2.75) is 5.92 Å². The number of anilines is 1. The molecule has 0 radical (unpaired) electrons. The number of hydrogen-bond donors (Lipinski definition) is 2. The molecular weight excluding hydrogens is 418 g/mol. The Morgan fingerprint density at radius 1 is 1.23 bits per heavy atom. The van der Waals surface area contributed by atoms with E-state index in [4.69, 9.17) is 20.9 Å². The average Bonchev–Trinajstić information content (AvgIpc) is 3.34. The zero-order valence-corrected chi connectivity index (χ0v) is 17.7. The molecule has 1 amide bonds. The Kier molecular flexibility index (Phi) is 4.72. The SMILES string of the molecule is COc1cc(/C(O)=C2\C(=O)Nc3cc(Cl)c(-c4ccc(C5CN(C)C5)cc4)cc32)on1. The lowest BCUT2D eigenvalue weighted by atomic mass is 9.90. The van der Waals surface area contributed by atoms with Crippen molar-refractivity contribution < 1.29 is 19.2 Å². The minimum absolute atomic E-state index is 0.0427. The molecule has 2 aliphatic rings. The number of carbonyl (C=O) groups excluding carboxylic acids is 1. The number of aliphatic hydroxyl groups is 1. The van der Waals surface area contributed by atoms with Gasteiger partial charge in [-0.15, -0.1) is 0 Å². The number of nitrogens with one attached hydrogen (secondary N) is 1. The summed E-state index contributed by atoms with van der Waals surface area (Å²) in [5, 5.41) is 17.7. The van der Waals surface area contributed by atoms with Gasteiger partial charge in [-0.05, 0) is 35.5 Å². The summed E-state index contributed by atoms with van der Waals surface area (Å²) in [5.41, 5.74) is 4.18. The van der Waals surface area contributed by atoms with E-state index in [1.54, 1.807) is 12.1 Å². The summed E-state index contributed by atoms with van der Waals surface area (Å²) in [7, 11) is 3.55. The highest BCUT2D eigenvalue weighted by atomic mass is 35.5. The maximum absolute atomic E-state index is 12.6. The van der Waals surface area contributed by atoms with Gasteiger partial charge in [0.15, 0.2) is 5.76 Å². The average molecular weight is 438 g/mol. The van der Waals surface area contributed by atoms with Crippen LogP contribution in [0.5, 0.6) is 5.88 Å². The number of aliphatic hydroxyl groups excluding tert-OH is 1. The summed E-state index contributed by atoms with van der Waals surface area (Å²) in [5.74, 6) is 0.0449. The summed E-state index contributed by atoms with van der Waals surface area (Å²) < 4.78 is 10.1. The van der Waals surface area contributed by atoms with Gasteiger partial charge in [0.1, 0.15) is 0 Å². The zero-order chi connectivity index (χ0) is 21.7. The van der Waals surface area contributed by atoms with Crippen LogP contribution in [0.2, 0.25) is 5.02 Å². The number of amides is 1. The molecule has 1 aromatic heterocycles. The third-order valence-electron chi connectivity index (χ3n) is 5.78. The first kappa shape index (κ1) is 19.7. The Hall–Kier alpha value is -3.29. The van der Waals surface area contributed by atoms with E-state index in [2.05, 4.69) is 34.6 Å². The number of benzene rings is 2. The molecule has 7 nitrogen and oxygen atoms in total. The highest BCUT2D eigenvalue weighted by molar-refractivity contribution is 6.38. The fourth-order valence-electron chi connectivity index (χ4n) is 4.08. The van der Waals surface area contributed by atoms with E-state index in [1.807, 2.05) is 12.1 Å². The Morgan fingerprint density at radius 3 is 2.61 bits per heavy atom. The Bertz CT molecular complexity index is 1210. The normalized spacial score (nSPS) is 17.8. The standard InChI is InChI=1S/C23H20ClN3O4/c1-27-10-14(11-27)12-3-5-13(6-4-12)15-7-16-18(8-17(15)24)25-23(29)21(16)22(28)19-9-20(30-2)26-31-19/h3-9,14,28H,10-11H2,1-2H3,(H,25,29)/b22-21+. The minimum Gasteiger partial charge on any atom is -0.504 e. The van der Waals surface area contributed by atoms with E-state index in [9.17, 15) is 9.90 Å². The van der Waals surface area contributed by atoms with Crippen molar-refractivity contribution in [1.82, 2.24) is 10.1 Å². The van der Waals surface area contributed by atoms with Crippen LogP contribution in [0.1, 0.15) is 22.8 Å². The minimum atomic E-state index is -0.444. The van der Waals surface area contributed by atoms with Gasteiger partial charge in [-0.3, -0.25) is 4.79 Å². The van der Waals surface area contributed by atoms with Gasteiger partial charge >= 0.3 is 0 Å². The van der Waals surface area contributed by atoms with E-state index >= 15 is 0 Å². The van der Waals surface area contributed by atoms with Crippen molar-refractivity contribution in [3.63, 3.8) is 0 Å². The molecule has 1 fully saturated rings. The second-order valence-electron chi connectivity index (χ2n) is 7.83. The number of halogens is 1. The van der Waals surface area contributed by atoms with E-state index in [0.717, 1.165) is 24.2 Å². The Labute approximate surface area is 183 Å². The van der Waals surface area contributed by atoms with E-state index in [1.165, 1.54) is 18.7 Å². The van der Waals surface area contributed by atoms with Crippen LogP contribution in [0.15, 0.2) is 47.0 Å². The Morgan fingerprint density at radius 2 is 1.97 bits per heavy atom.